The Morgan fingerprint density at radius 2 is 2.05 bits per heavy atom. The van der Waals surface area contributed by atoms with Crippen LogP contribution >= 0.6 is 11.9 Å². The first-order chi connectivity index (χ1) is 10.1. The SMILES string of the molecule is O=C(O)c1ccc(SN2CCCc3ccccc32)cc1F. The third-order valence-electron chi connectivity index (χ3n) is 3.45. The summed E-state index contributed by atoms with van der Waals surface area (Å²) in [5.74, 6) is -1.94. The van der Waals surface area contributed by atoms with Crippen molar-refractivity contribution in [3.05, 3.63) is 59.4 Å². The molecule has 0 saturated carbocycles. The molecule has 0 saturated heterocycles. The lowest BCUT2D eigenvalue weighted by molar-refractivity contribution is 0.0692. The molecule has 1 N–H and O–H groups in total. The van der Waals surface area contributed by atoms with Gasteiger partial charge in [-0.3, -0.25) is 0 Å². The maximum atomic E-state index is 13.7. The first-order valence-corrected chi connectivity index (χ1v) is 7.49. The van der Waals surface area contributed by atoms with Crippen LogP contribution in [0.15, 0.2) is 47.4 Å². The van der Waals surface area contributed by atoms with Gasteiger partial charge in [-0.25, -0.2) is 9.18 Å². The normalized spacial score (nSPS) is 13.9. The largest absolute Gasteiger partial charge is 0.478 e. The smallest absolute Gasteiger partial charge is 0.338 e. The van der Waals surface area contributed by atoms with E-state index < -0.39 is 11.8 Å². The van der Waals surface area contributed by atoms with E-state index in [0.717, 1.165) is 25.1 Å². The monoisotopic (exact) mass is 303 g/mol. The quantitative estimate of drug-likeness (QED) is 0.871. The van der Waals surface area contributed by atoms with E-state index >= 15 is 0 Å². The molecule has 0 aliphatic carbocycles. The molecular weight excluding hydrogens is 289 g/mol. The standard InChI is InChI=1S/C16H14FNO2S/c17-14-10-12(7-8-13(14)16(19)20)21-18-9-3-5-11-4-1-2-6-15(11)18/h1-2,4,6-8,10H,3,5,9H2,(H,19,20). The number of aryl methyl sites for hydroxylation is 1. The third kappa shape index (κ3) is 2.88. The highest BCUT2D eigenvalue weighted by Crippen LogP contribution is 2.35. The topological polar surface area (TPSA) is 40.5 Å². The molecule has 5 heteroatoms. The number of carboxylic acid groups (broad SMARTS) is 1. The van der Waals surface area contributed by atoms with Crippen LogP contribution in [-0.4, -0.2) is 17.6 Å². The number of anilines is 1. The lowest BCUT2D eigenvalue weighted by Crippen LogP contribution is -2.22. The van der Waals surface area contributed by atoms with Crippen molar-refractivity contribution in [3.63, 3.8) is 0 Å². The molecule has 0 unspecified atom stereocenters. The Kier molecular flexibility index (Phi) is 3.84. The van der Waals surface area contributed by atoms with Gasteiger partial charge >= 0.3 is 5.97 Å². The number of para-hydroxylation sites is 1. The number of aromatic carboxylic acids is 1. The molecule has 0 amide bonds. The fraction of sp³-hybridized carbons (Fsp3) is 0.188. The number of rotatable bonds is 3. The van der Waals surface area contributed by atoms with Crippen molar-refractivity contribution in [1.82, 2.24) is 0 Å². The molecule has 0 fully saturated rings. The minimum atomic E-state index is -1.24. The second-order valence-electron chi connectivity index (χ2n) is 4.87. The van der Waals surface area contributed by atoms with E-state index in [0.29, 0.717) is 4.90 Å². The molecule has 0 radical (unpaired) electrons. The maximum absolute atomic E-state index is 13.7. The number of fused-ring (bicyclic) bond motifs is 1. The molecule has 108 valence electrons. The Morgan fingerprint density at radius 3 is 2.81 bits per heavy atom. The zero-order chi connectivity index (χ0) is 14.8. The molecular formula is C16H14FNO2S. The van der Waals surface area contributed by atoms with Crippen molar-refractivity contribution in [3.8, 4) is 0 Å². The molecule has 3 nitrogen and oxygen atoms in total. The van der Waals surface area contributed by atoms with E-state index in [2.05, 4.69) is 16.4 Å². The molecule has 2 aromatic carbocycles. The van der Waals surface area contributed by atoms with Gasteiger partial charge in [-0.15, -0.1) is 0 Å². The van der Waals surface area contributed by atoms with Crippen LogP contribution in [0, 0.1) is 5.82 Å². The van der Waals surface area contributed by atoms with Gasteiger partial charge in [0.2, 0.25) is 0 Å². The Hall–Kier alpha value is -2.01. The lowest BCUT2D eigenvalue weighted by Gasteiger charge is -2.29. The second kappa shape index (κ2) is 5.77. The Balaban J connectivity index is 1.85. The highest BCUT2D eigenvalue weighted by molar-refractivity contribution is 8.00. The summed E-state index contributed by atoms with van der Waals surface area (Å²) < 4.78 is 15.9. The number of carbonyl (C=O) groups is 1. The molecule has 1 heterocycles. The predicted octanol–water partition coefficient (Wildman–Crippen LogP) is 3.98. The number of nitrogens with zero attached hydrogens (tertiary/aromatic N) is 1. The molecule has 21 heavy (non-hydrogen) atoms. The van der Waals surface area contributed by atoms with Gasteiger partial charge in [-0.05, 0) is 54.6 Å². The molecule has 0 bridgehead atoms. The van der Waals surface area contributed by atoms with Crippen LogP contribution < -0.4 is 4.31 Å². The van der Waals surface area contributed by atoms with Crippen LogP contribution in [0.1, 0.15) is 22.3 Å². The van der Waals surface area contributed by atoms with Gasteiger partial charge in [0, 0.05) is 11.4 Å². The summed E-state index contributed by atoms with van der Waals surface area (Å²) in [4.78, 5) is 11.5. The number of carboxylic acids is 1. The first kappa shape index (κ1) is 13.9. The zero-order valence-corrected chi connectivity index (χ0v) is 12.1. The second-order valence-corrected chi connectivity index (χ2v) is 5.97. The molecule has 3 rings (SSSR count). The number of halogens is 1. The van der Waals surface area contributed by atoms with Crippen LogP contribution in [0.5, 0.6) is 0 Å². The van der Waals surface area contributed by atoms with Gasteiger partial charge in [0.25, 0.3) is 0 Å². The Labute approximate surface area is 126 Å². The first-order valence-electron chi connectivity index (χ1n) is 6.71. The van der Waals surface area contributed by atoms with Crippen LogP contribution in [0.25, 0.3) is 0 Å². The van der Waals surface area contributed by atoms with Crippen molar-refractivity contribution >= 4 is 23.6 Å². The summed E-state index contributed by atoms with van der Waals surface area (Å²) in [5, 5.41) is 8.85. The Bertz CT molecular complexity index is 690. The number of benzene rings is 2. The van der Waals surface area contributed by atoms with E-state index in [9.17, 15) is 9.18 Å². The van der Waals surface area contributed by atoms with Crippen molar-refractivity contribution in [2.45, 2.75) is 17.7 Å². The molecule has 1 aliphatic rings. The Morgan fingerprint density at radius 1 is 1.24 bits per heavy atom. The molecule has 2 aromatic rings. The summed E-state index contributed by atoms with van der Waals surface area (Å²) in [6.45, 7) is 0.893. The van der Waals surface area contributed by atoms with E-state index in [1.54, 1.807) is 6.07 Å². The van der Waals surface area contributed by atoms with E-state index in [1.807, 2.05) is 12.1 Å². The van der Waals surface area contributed by atoms with E-state index in [4.69, 9.17) is 5.11 Å². The summed E-state index contributed by atoms with van der Waals surface area (Å²) in [7, 11) is 0. The molecule has 1 aliphatic heterocycles. The average Bonchev–Trinajstić information content (AvgIpc) is 2.47. The van der Waals surface area contributed by atoms with Crippen molar-refractivity contribution in [2.75, 3.05) is 10.8 Å². The summed E-state index contributed by atoms with van der Waals surface area (Å²) in [6, 6.07) is 12.4. The van der Waals surface area contributed by atoms with Crippen LogP contribution in [-0.2, 0) is 6.42 Å². The van der Waals surface area contributed by atoms with Crippen molar-refractivity contribution in [2.24, 2.45) is 0 Å². The van der Waals surface area contributed by atoms with Gasteiger partial charge < -0.3 is 9.41 Å². The zero-order valence-electron chi connectivity index (χ0n) is 11.3. The van der Waals surface area contributed by atoms with Gasteiger partial charge in [0.15, 0.2) is 0 Å². The molecule has 0 spiro atoms. The highest BCUT2D eigenvalue weighted by atomic mass is 32.2. The summed E-state index contributed by atoms with van der Waals surface area (Å²) in [6.07, 6.45) is 2.11. The van der Waals surface area contributed by atoms with Crippen LogP contribution in [0.2, 0.25) is 0 Å². The average molecular weight is 303 g/mol. The number of hydrogen-bond acceptors (Lipinski definition) is 3. The highest BCUT2D eigenvalue weighted by Gasteiger charge is 2.18. The fourth-order valence-corrected chi connectivity index (χ4v) is 3.48. The summed E-state index contributed by atoms with van der Waals surface area (Å²) in [5.41, 5.74) is 2.15. The van der Waals surface area contributed by atoms with Crippen molar-refractivity contribution < 1.29 is 14.3 Å². The number of hydrogen-bond donors (Lipinski definition) is 1. The predicted molar refractivity (Wildman–Crippen MR) is 81.3 cm³/mol. The van der Waals surface area contributed by atoms with Gasteiger partial charge in [-0.2, -0.15) is 0 Å². The van der Waals surface area contributed by atoms with Gasteiger partial charge in [0.1, 0.15) is 5.82 Å². The maximum Gasteiger partial charge on any atom is 0.338 e. The minimum Gasteiger partial charge on any atom is -0.478 e. The van der Waals surface area contributed by atoms with Gasteiger partial charge in [0.05, 0.1) is 11.3 Å². The lowest BCUT2D eigenvalue weighted by atomic mass is 10.0. The van der Waals surface area contributed by atoms with Crippen LogP contribution in [0.4, 0.5) is 10.1 Å². The third-order valence-corrected chi connectivity index (χ3v) is 4.52. The van der Waals surface area contributed by atoms with Crippen molar-refractivity contribution in [1.29, 1.82) is 0 Å². The summed E-state index contributed by atoms with van der Waals surface area (Å²) >= 11 is 1.44. The molecule has 0 atom stereocenters. The molecule has 0 aromatic heterocycles. The van der Waals surface area contributed by atoms with E-state index in [1.165, 1.54) is 29.6 Å². The van der Waals surface area contributed by atoms with E-state index in [-0.39, 0.29) is 5.56 Å². The fourth-order valence-electron chi connectivity index (χ4n) is 2.45. The minimum absolute atomic E-state index is 0.293. The van der Waals surface area contributed by atoms with Gasteiger partial charge in [-0.1, -0.05) is 18.2 Å². The van der Waals surface area contributed by atoms with Crippen LogP contribution in [0.3, 0.4) is 0 Å².